The van der Waals surface area contributed by atoms with Gasteiger partial charge in [-0.15, -0.1) is 12.4 Å². The van der Waals surface area contributed by atoms with Gasteiger partial charge < -0.3 is 15.1 Å². The fraction of sp³-hybridized carbons (Fsp3) is 0.545. The van der Waals surface area contributed by atoms with Gasteiger partial charge in [0, 0.05) is 24.7 Å². The van der Waals surface area contributed by atoms with Crippen LogP contribution in [0.15, 0.2) is 10.5 Å². The highest BCUT2D eigenvalue weighted by Gasteiger charge is 2.27. The molecule has 0 saturated carbocycles. The Kier molecular flexibility index (Phi) is 3.99. The van der Waals surface area contributed by atoms with Crippen molar-refractivity contribution in [1.82, 2.24) is 4.90 Å². The maximum absolute atomic E-state index is 12.0. The van der Waals surface area contributed by atoms with E-state index < -0.39 is 0 Å². The molecule has 2 rings (SSSR count). The van der Waals surface area contributed by atoms with Gasteiger partial charge >= 0.3 is 0 Å². The zero-order valence-electron chi connectivity index (χ0n) is 9.53. The summed E-state index contributed by atoms with van der Waals surface area (Å²) in [5, 5.41) is 0. The molecule has 0 unspecified atom stereocenters. The standard InChI is InChI=1S/C11H16N2O2.ClH/c1-7-5-8(2)15-10(7)11(14)13-4-3-9(12)6-13;/h5,9H,3-4,6,12H2,1-2H3;1H/t9-;/m1./s1. The molecule has 4 nitrogen and oxygen atoms in total. The topological polar surface area (TPSA) is 59.5 Å². The Hall–Kier alpha value is -1.00. The average Bonchev–Trinajstić information content (AvgIpc) is 2.71. The SMILES string of the molecule is Cc1cc(C)c(C(=O)N2CC[C@@H](N)C2)o1.Cl. The predicted molar refractivity (Wildman–Crippen MR) is 63.9 cm³/mol. The van der Waals surface area contributed by atoms with Crippen molar-refractivity contribution in [2.45, 2.75) is 26.3 Å². The molecule has 0 aromatic carbocycles. The first kappa shape index (κ1) is 13.1. The predicted octanol–water partition coefficient (Wildman–Crippen LogP) is 1.49. The molecule has 16 heavy (non-hydrogen) atoms. The van der Waals surface area contributed by atoms with Crippen molar-refractivity contribution in [3.63, 3.8) is 0 Å². The van der Waals surface area contributed by atoms with Crippen LogP contribution in [0.25, 0.3) is 0 Å². The van der Waals surface area contributed by atoms with Crippen molar-refractivity contribution >= 4 is 18.3 Å². The monoisotopic (exact) mass is 244 g/mol. The highest BCUT2D eigenvalue weighted by atomic mass is 35.5. The van der Waals surface area contributed by atoms with Crippen molar-refractivity contribution in [3.8, 4) is 0 Å². The van der Waals surface area contributed by atoms with Gasteiger partial charge in [0.25, 0.3) is 5.91 Å². The number of carbonyl (C=O) groups is 1. The normalized spacial score (nSPS) is 19.7. The van der Waals surface area contributed by atoms with E-state index in [1.54, 1.807) is 4.90 Å². The Morgan fingerprint density at radius 3 is 2.69 bits per heavy atom. The van der Waals surface area contributed by atoms with Gasteiger partial charge in [-0.05, 0) is 26.3 Å². The first-order valence-corrected chi connectivity index (χ1v) is 5.20. The van der Waals surface area contributed by atoms with Gasteiger partial charge in [0.1, 0.15) is 5.76 Å². The number of furan rings is 1. The number of rotatable bonds is 1. The maximum atomic E-state index is 12.0. The van der Waals surface area contributed by atoms with Crippen LogP contribution in [0, 0.1) is 13.8 Å². The number of nitrogens with zero attached hydrogens (tertiary/aromatic N) is 1. The van der Waals surface area contributed by atoms with Crippen molar-refractivity contribution in [2.75, 3.05) is 13.1 Å². The molecule has 1 amide bonds. The number of hydrogen-bond donors (Lipinski definition) is 1. The van der Waals surface area contributed by atoms with E-state index in [-0.39, 0.29) is 24.4 Å². The Labute approximate surface area is 101 Å². The second-order valence-corrected chi connectivity index (χ2v) is 4.17. The molecule has 1 aromatic heterocycles. The van der Waals surface area contributed by atoms with Gasteiger partial charge in [0.15, 0.2) is 5.76 Å². The van der Waals surface area contributed by atoms with Crippen LogP contribution >= 0.6 is 12.4 Å². The number of amides is 1. The van der Waals surface area contributed by atoms with E-state index in [1.807, 2.05) is 19.9 Å². The molecule has 0 bridgehead atoms. The Morgan fingerprint density at radius 1 is 1.56 bits per heavy atom. The summed E-state index contributed by atoms with van der Waals surface area (Å²) in [6.45, 7) is 5.11. The van der Waals surface area contributed by atoms with Crippen molar-refractivity contribution < 1.29 is 9.21 Å². The minimum absolute atomic E-state index is 0. The fourth-order valence-electron chi connectivity index (χ4n) is 1.97. The van der Waals surface area contributed by atoms with E-state index in [9.17, 15) is 4.79 Å². The molecule has 5 heteroatoms. The van der Waals surface area contributed by atoms with E-state index in [2.05, 4.69) is 0 Å². The summed E-state index contributed by atoms with van der Waals surface area (Å²) in [5.41, 5.74) is 6.66. The highest BCUT2D eigenvalue weighted by molar-refractivity contribution is 5.93. The summed E-state index contributed by atoms with van der Waals surface area (Å²) in [7, 11) is 0. The van der Waals surface area contributed by atoms with Crippen LogP contribution in [-0.2, 0) is 0 Å². The molecule has 1 atom stereocenters. The quantitative estimate of drug-likeness (QED) is 0.814. The fourth-order valence-corrected chi connectivity index (χ4v) is 1.97. The van der Waals surface area contributed by atoms with Crippen LogP contribution in [0.4, 0.5) is 0 Å². The maximum Gasteiger partial charge on any atom is 0.289 e. The Bertz CT molecular complexity index is 389. The smallest absolute Gasteiger partial charge is 0.289 e. The first-order valence-electron chi connectivity index (χ1n) is 5.20. The van der Waals surface area contributed by atoms with Crippen LogP contribution in [0.1, 0.15) is 28.3 Å². The molecule has 1 saturated heterocycles. The van der Waals surface area contributed by atoms with Gasteiger partial charge in [-0.25, -0.2) is 0 Å². The van der Waals surface area contributed by atoms with Crippen LogP contribution < -0.4 is 5.73 Å². The lowest BCUT2D eigenvalue weighted by Crippen LogP contribution is -2.31. The van der Waals surface area contributed by atoms with Crippen LogP contribution in [0.3, 0.4) is 0 Å². The number of carbonyl (C=O) groups excluding carboxylic acids is 1. The molecule has 90 valence electrons. The van der Waals surface area contributed by atoms with Crippen LogP contribution in [0.5, 0.6) is 0 Å². The molecule has 2 heterocycles. The van der Waals surface area contributed by atoms with Gasteiger partial charge in [-0.1, -0.05) is 0 Å². The molecule has 2 N–H and O–H groups in total. The lowest BCUT2D eigenvalue weighted by molar-refractivity contribution is 0.0757. The van der Waals surface area contributed by atoms with Gasteiger partial charge in [-0.3, -0.25) is 4.79 Å². The first-order chi connectivity index (χ1) is 7.08. The van der Waals surface area contributed by atoms with E-state index in [0.717, 1.165) is 24.3 Å². The molecular weight excluding hydrogens is 228 g/mol. The zero-order chi connectivity index (χ0) is 11.0. The third kappa shape index (κ3) is 2.39. The lowest BCUT2D eigenvalue weighted by atomic mass is 10.2. The summed E-state index contributed by atoms with van der Waals surface area (Å²) in [6.07, 6.45) is 0.879. The second kappa shape index (κ2) is 4.89. The van der Waals surface area contributed by atoms with Crippen LogP contribution in [-0.4, -0.2) is 29.9 Å². The van der Waals surface area contributed by atoms with E-state index in [4.69, 9.17) is 10.2 Å². The number of nitrogens with two attached hydrogens (primary N) is 1. The minimum atomic E-state index is -0.0337. The summed E-state index contributed by atoms with van der Waals surface area (Å²) >= 11 is 0. The van der Waals surface area contributed by atoms with Crippen LogP contribution in [0.2, 0.25) is 0 Å². The van der Waals surface area contributed by atoms with Crippen molar-refractivity contribution in [3.05, 3.63) is 23.2 Å². The number of aryl methyl sites for hydroxylation is 2. The van der Waals surface area contributed by atoms with Gasteiger partial charge in [0.05, 0.1) is 0 Å². The summed E-state index contributed by atoms with van der Waals surface area (Å²) < 4.78 is 5.39. The highest BCUT2D eigenvalue weighted by Crippen LogP contribution is 2.18. The lowest BCUT2D eigenvalue weighted by Gasteiger charge is -2.14. The number of hydrogen-bond acceptors (Lipinski definition) is 3. The van der Waals surface area contributed by atoms with E-state index >= 15 is 0 Å². The molecule has 1 aliphatic heterocycles. The minimum Gasteiger partial charge on any atom is -0.456 e. The average molecular weight is 245 g/mol. The number of likely N-dealkylation sites (tertiary alicyclic amines) is 1. The molecule has 0 spiro atoms. The van der Waals surface area contributed by atoms with Crippen molar-refractivity contribution in [1.29, 1.82) is 0 Å². The number of halogens is 1. The third-order valence-electron chi connectivity index (χ3n) is 2.75. The molecule has 0 radical (unpaired) electrons. The molecular formula is C11H17ClN2O2. The van der Waals surface area contributed by atoms with E-state index in [1.165, 1.54) is 0 Å². The Balaban J connectivity index is 0.00000128. The largest absolute Gasteiger partial charge is 0.456 e. The third-order valence-corrected chi connectivity index (χ3v) is 2.75. The molecule has 1 fully saturated rings. The molecule has 1 aliphatic rings. The Morgan fingerprint density at radius 2 is 2.25 bits per heavy atom. The van der Waals surface area contributed by atoms with Gasteiger partial charge in [-0.2, -0.15) is 0 Å². The summed E-state index contributed by atoms with van der Waals surface area (Å²) in [5.74, 6) is 1.20. The van der Waals surface area contributed by atoms with Crippen molar-refractivity contribution in [2.24, 2.45) is 5.73 Å². The zero-order valence-corrected chi connectivity index (χ0v) is 10.3. The second-order valence-electron chi connectivity index (χ2n) is 4.17. The molecule has 1 aromatic rings. The van der Waals surface area contributed by atoms with Gasteiger partial charge in [0.2, 0.25) is 0 Å². The summed E-state index contributed by atoms with van der Waals surface area (Å²) in [6, 6.07) is 1.99. The molecule has 0 aliphatic carbocycles. The van der Waals surface area contributed by atoms with E-state index in [0.29, 0.717) is 12.3 Å². The summed E-state index contributed by atoms with van der Waals surface area (Å²) in [4.78, 5) is 13.8.